The number of hydrogen-bond donors (Lipinski definition) is 1. The van der Waals surface area contributed by atoms with Crippen LogP contribution in [0, 0.1) is 0 Å². The van der Waals surface area contributed by atoms with Crippen LogP contribution in [0.1, 0.15) is 16.6 Å². The Bertz CT molecular complexity index is 397. The fraction of sp³-hybridized carbons (Fsp3) is 0.222. The third-order valence-electron chi connectivity index (χ3n) is 1.91. The van der Waals surface area contributed by atoms with E-state index < -0.39 is 0 Å². The largest absolute Gasteiger partial charge is 0.307 e. The number of thiazole rings is 1. The van der Waals surface area contributed by atoms with Crippen molar-refractivity contribution in [3.05, 3.63) is 37.4 Å². The summed E-state index contributed by atoms with van der Waals surface area (Å²) in [5.74, 6) is 0. The van der Waals surface area contributed by atoms with E-state index in [0.29, 0.717) is 0 Å². The van der Waals surface area contributed by atoms with Gasteiger partial charge in [0.1, 0.15) is 0 Å². The van der Waals surface area contributed by atoms with Gasteiger partial charge in [0.05, 0.1) is 17.2 Å². The Kier molecular flexibility index (Phi) is 3.33. The van der Waals surface area contributed by atoms with Crippen LogP contribution in [0.2, 0.25) is 0 Å². The normalized spacial score (nSPS) is 13.0. The summed E-state index contributed by atoms with van der Waals surface area (Å²) in [6, 6.07) is 2.35. The molecule has 0 aliphatic rings. The highest BCUT2D eigenvalue weighted by Gasteiger charge is 2.15. The van der Waals surface area contributed by atoms with Gasteiger partial charge in [-0.05, 0) is 29.0 Å². The molecule has 0 saturated carbocycles. The van der Waals surface area contributed by atoms with Gasteiger partial charge in [-0.25, -0.2) is 4.98 Å². The highest BCUT2D eigenvalue weighted by atomic mass is 79.9. The van der Waals surface area contributed by atoms with Gasteiger partial charge in [-0.1, -0.05) is 0 Å². The molecule has 0 aliphatic carbocycles. The second-order valence-electron chi connectivity index (χ2n) is 2.80. The molecule has 1 N–H and O–H groups in total. The minimum atomic E-state index is 0.220. The first-order chi connectivity index (χ1) is 6.81. The summed E-state index contributed by atoms with van der Waals surface area (Å²) in [5, 5.41) is 7.44. The van der Waals surface area contributed by atoms with Crippen LogP contribution in [-0.4, -0.2) is 12.0 Å². The lowest BCUT2D eigenvalue weighted by Crippen LogP contribution is -2.16. The maximum atomic E-state index is 4.32. The first-order valence-electron chi connectivity index (χ1n) is 4.10. The lowest BCUT2D eigenvalue weighted by Gasteiger charge is -2.10. The second kappa shape index (κ2) is 4.53. The molecule has 2 nitrogen and oxygen atoms in total. The molecular formula is C9H9BrN2S2. The third kappa shape index (κ3) is 2.06. The Hall–Kier alpha value is -0.230. The average molecular weight is 289 g/mol. The van der Waals surface area contributed by atoms with Gasteiger partial charge in [0.2, 0.25) is 0 Å². The van der Waals surface area contributed by atoms with Crippen molar-refractivity contribution < 1.29 is 0 Å². The van der Waals surface area contributed by atoms with Crippen molar-refractivity contribution in [1.29, 1.82) is 0 Å². The number of nitrogens with one attached hydrogen (secondary N) is 1. The van der Waals surface area contributed by atoms with Crippen LogP contribution in [0.4, 0.5) is 0 Å². The molecule has 0 fully saturated rings. The minimum Gasteiger partial charge on any atom is -0.307 e. The van der Waals surface area contributed by atoms with Crippen molar-refractivity contribution in [1.82, 2.24) is 10.3 Å². The van der Waals surface area contributed by atoms with Crippen LogP contribution < -0.4 is 5.32 Å². The molecule has 5 heteroatoms. The number of halogens is 1. The highest BCUT2D eigenvalue weighted by Crippen LogP contribution is 2.29. The molecule has 74 valence electrons. The number of nitrogens with zero attached hydrogens (tertiary/aromatic N) is 1. The van der Waals surface area contributed by atoms with Crippen LogP contribution in [-0.2, 0) is 0 Å². The Morgan fingerprint density at radius 2 is 2.36 bits per heavy atom. The lowest BCUT2D eigenvalue weighted by molar-refractivity contribution is 0.687. The van der Waals surface area contributed by atoms with Gasteiger partial charge in [-0.3, -0.25) is 0 Å². The Balaban J connectivity index is 2.31. The first-order valence-corrected chi connectivity index (χ1v) is 6.72. The molecule has 1 unspecified atom stereocenters. The Morgan fingerprint density at radius 1 is 1.50 bits per heavy atom. The van der Waals surface area contributed by atoms with E-state index in [2.05, 4.69) is 43.1 Å². The van der Waals surface area contributed by atoms with Gasteiger partial charge < -0.3 is 5.32 Å². The second-order valence-corrected chi connectivity index (χ2v) is 5.38. The fourth-order valence-electron chi connectivity index (χ4n) is 1.28. The average Bonchev–Trinajstić information content (AvgIpc) is 2.79. The monoisotopic (exact) mass is 288 g/mol. The fourth-order valence-corrected chi connectivity index (χ4v) is 3.42. The van der Waals surface area contributed by atoms with Crippen LogP contribution in [0.5, 0.6) is 0 Å². The third-order valence-corrected chi connectivity index (χ3v) is 4.27. The van der Waals surface area contributed by atoms with E-state index in [9.17, 15) is 0 Å². The molecule has 0 aromatic carbocycles. The Morgan fingerprint density at radius 3 is 2.86 bits per heavy atom. The van der Waals surface area contributed by atoms with E-state index in [1.807, 2.05) is 12.6 Å². The van der Waals surface area contributed by atoms with Gasteiger partial charge in [-0.2, -0.15) is 0 Å². The van der Waals surface area contributed by atoms with E-state index in [1.54, 1.807) is 22.7 Å². The van der Waals surface area contributed by atoms with E-state index in [1.165, 1.54) is 4.88 Å². The smallest absolute Gasteiger partial charge is 0.0851 e. The van der Waals surface area contributed by atoms with Crippen molar-refractivity contribution >= 4 is 38.6 Å². The van der Waals surface area contributed by atoms with Gasteiger partial charge in [0.25, 0.3) is 0 Å². The van der Waals surface area contributed by atoms with Crippen molar-refractivity contribution in [2.24, 2.45) is 0 Å². The van der Waals surface area contributed by atoms with E-state index in [0.717, 1.165) is 10.2 Å². The summed E-state index contributed by atoms with van der Waals surface area (Å²) in [4.78, 5) is 5.60. The molecule has 2 heterocycles. The van der Waals surface area contributed by atoms with Crippen LogP contribution in [0.25, 0.3) is 0 Å². The molecule has 0 bridgehead atoms. The van der Waals surface area contributed by atoms with Gasteiger partial charge in [0.15, 0.2) is 0 Å². The predicted octanol–water partition coefficient (Wildman–Crippen LogP) is 3.28. The van der Waals surface area contributed by atoms with Crippen molar-refractivity contribution in [2.45, 2.75) is 6.04 Å². The zero-order valence-electron chi connectivity index (χ0n) is 7.53. The summed E-state index contributed by atoms with van der Waals surface area (Å²) < 4.78 is 1.13. The molecule has 0 radical (unpaired) electrons. The van der Waals surface area contributed by atoms with Crippen molar-refractivity contribution in [3.8, 4) is 0 Å². The number of rotatable bonds is 3. The van der Waals surface area contributed by atoms with E-state index in [4.69, 9.17) is 0 Å². The summed E-state index contributed by atoms with van der Waals surface area (Å²) >= 11 is 6.82. The minimum absolute atomic E-state index is 0.220. The van der Waals surface area contributed by atoms with Crippen molar-refractivity contribution in [3.63, 3.8) is 0 Å². The standard InChI is InChI=1S/C9H9BrN2S2/c1-11-9(7-4-13-5-12-7)8-2-6(10)3-14-8/h2-5,9,11H,1H3. The van der Waals surface area contributed by atoms with Gasteiger partial charge >= 0.3 is 0 Å². The maximum absolute atomic E-state index is 4.32. The molecule has 1 atom stereocenters. The molecule has 0 saturated heterocycles. The van der Waals surface area contributed by atoms with Gasteiger partial charge in [-0.15, -0.1) is 22.7 Å². The van der Waals surface area contributed by atoms with Crippen molar-refractivity contribution in [2.75, 3.05) is 7.05 Å². The summed E-state index contributed by atoms with van der Waals surface area (Å²) in [6.07, 6.45) is 0. The molecule has 0 amide bonds. The molecule has 2 aromatic rings. The molecule has 2 aromatic heterocycles. The van der Waals surface area contributed by atoms with Crippen LogP contribution >= 0.6 is 38.6 Å². The lowest BCUT2D eigenvalue weighted by atomic mass is 10.2. The zero-order valence-corrected chi connectivity index (χ0v) is 10.7. The summed E-state index contributed by atoms with van der Waals surface area (Å²) in [6.45, 7) is 0. The molecule has 0 spiro atoms. The van der Waals surface area contributed by atoms with Crippen LogP contribution in [0.15, 0.2) is 26.8 Å². The number of thiophene rings is 1. The molecule has 14 heavy (non-hydrogen) atoms. The maximum Gasteiger partial charge on any atom is 0.0851 e. The zero-order chi connectivity index (χ0) is 9.97. The van der Waals surface area contributed by atoms with E-state index in [-0.39, 0.29) is 6.04 Å². The molecular weight excluding hydrogens is 280 g/mol. The Labute approximate surface area is 99.1 Å². The summed E-state index contributed by atoms with van der Waals surface area (Å²) in [5.41, 5.74) is 2.95. The van der Waals surface area contributed by atoms with Gasteiger partial charge in [0, 0.05) is 20.1 Å². The number of hydrogen-bond acceptors (Lipinski definition) is 4. The number of aromatic nitrogens is 1. The molecule has 0 aliphatic heterocycles. The topological polar surface area (TPSA) is 24.9 Å². The summed E-state index contributed by atoms with van der Waals surface area (Å²) in [7, 11) is 1.96. The van der Waals surface area contributed by atoms with E-state index >= 15 is 0 Å². The first kappa shape index (κ1) is 10.3. The predicted molar refractivity (Wildman–Crippen MR) is 65.0 cm³/mol. The SMILES string of the molecule is CNC(c1cscn1)c1cc(Br)cs1. The van der Waals surface area contributed by atoms with Crippen LogP contribution in [0.3, 0.4) is 0 Å². The quantitative estimate of drug-likeness (QED) is 0.938. The highest BCUT2D eigenvalue weighted by molar-refractivity contribution is 9.10. The molecule has 2 rings (SSSR count).